The van der Waals surface area contributed by atoms with Crippen LogP contribution in [0, 0.1) is 12.7 Å². The van der Waals surface area contributed by atoms with E-state index in [1.54, 1.807) is 13.0 Å². The number of hydrogen-bond acceptors (Lipinski definition) is 6. The molecule has 0 aliphatic rings. The standard InChI is InChI=1S/C15H17F3N6O3/c1-8-5-11(24-23-8)22-12-9(16)3-4-10(21-12)13(25)19-6-15(17,18)7-20-14(26)27-2/h3-5H,6-7H2,1-2H3,(H,19,25)(H,20,26)(H2,21,22,23,24). The van der Waals surface area contributed by atoms with Crippen molar-refractivity contribution in [2.24, 2.45) is 0 Å². The first-order chi connectivity index (χ1) is 12.7. The van der Waals surface area contributed by atoms with Gasteiger partial charge in [0, 0.05) is 11.8 Å². The molecule has 0 saturated heterocycles. The summed E-state index contributed by atoms with van der Waals surface area (Å²) in [5.74, 6) is -5.11. The molecule has 2 amide bonds. The van der Waals surface area contributed by atoms with Crippen LogP contribution in [-0.2, 0) is 4.74 Å². The fourth-order valence-corrected chi connectivity index (χ4v) is 1.90. The molecular formula is C15H17F3N6O3. The van der Waals surface area contributed by atoms with Gasteiger partial charge in [-0.1, -0.05) is 0 Å². The molecule has 9 nitrogen and oxygen atoms in total. The van der Waals surface area contributed by atoms with Gasteiger partial charge < -0.3 is 20.7 Å². The lowest BCUT2D eigenvalue weighted by Crippen LogP contribution is -2.45. The summed E-state index contributed by atoms with van der Waals surface area (Å²) in [6.07, 6.45) is -1.02. The van der Waals surface area contributed by atoms with Gasteiger partial charge in [0.2, 0.25) is 0 Å². The van der Waals surface area contributed by atoms with E-state index in [1.807, 2.05) is 10.6 Å². The van der Waals surface area contributed by atoms with Crippen LogP contribution >= 0.6 is 0 Å². The number of nitrogens with one attached hydrogen (secondary N) is 4. The van der Waals surface area contributed by atoms with Crippen molar-refractivity contribution in [3.63, 3.8) is 0 Å². The summed E-state index contributed by atoms with van der Waals surface area (Å²) in [5.41, 5.74) is 0.442. The van der Waals surface area contributed by atoms with E-state index in [4.69, 9.17) is 0 Å². The molecule has 0 aromatic carbocycles. The summed E-state index contributed by atoms with van der Waals surface area (Å²) >= 11 is 0. The fraction of sp³-hybridized carbons (Fsp3) is 0.333. The van der Waals surface area contributed by atoms with Crippen LogP contribution in [0.5, 0.6) is 0 Å². The topological polar surface area (TPSA) is 121 Å². The molecule has 0 fully saturated rings. The maximum atomic E-state index is 13.8. The predicted molar refractivity (Wildman–Crippen MR) is 88.5 cm³/mol. The number of hydrogen-bond donors (Lipinski definition) is 4. The van der Waals surface area contributed by atoms with Gasteiger partial charge in [-0.25, -0.2) is 22.9 Å². The number of aromatic amines is 1. The molecule has 2 aromatic rings. The van der Waals surface area contributed by atoms with Crippen molar-refractivity contribution in [1.29, 1.82) is 0 Å². The Bertz CT molecular complexity index is 827. The molecule has 0 bridgehead atoms. The number of ether oxygens (including phenoxy) is 1. The van der Waals surface area contributed by atoms with Crippen LogP contribution < -0.4 is 16.0 Å². The largest absolute Gasteiger partial charge is 0.453 e. The first kappa shape index (κ1) is 20.0. The minimum Gasteiger partial charge on any atom is -0.453 e. The number of nitrogens with zero attached hydrogens (tertiary/aromatic N) is 2. The number of aryl methyl sites for hydroxylation is 1. The van der Waals surface area contributed by atoms with E-state index in [-0.39, 0.29) is 17.3 Å². The Hall–Kier alpha value is -3.31. The lowest BCUT2D eigenvalue weighted by Gasteiger charge is -2.17. The number of carbonyl (C=O) groups excluding carboxylic acids is 2. The van der Waals surface area contributed by atoms with Crippen molar-refractivity contribution in [2.75, 3.05) is 25.5 Å². The summed E-state index contributed by atoms with van der Waals surface area (Å²) in [7, 11) is 1.03. The molecule has 12 heteroatoms. The third kappa shape index (κ3) is 5.87. The lowest BCUT2D eigenvalue weighted by atomic mass is 10.3. The van der Waals surface area contributed by atoms with Crippen molar-refractivity contribution >= 4 is 23.6 Å². The van der Waals surface area contributed by atoms with Gasteiger partial charge in [0.1, 0.15) is 5.69 Å². The van der Waals surface area contributed by atoms with E-state index in [9.17, 15) is 22.8 Å². The van der Waals surface area contributed by atoms with E-state index in [1.165, 1.54) is 0 Å². The number of rotatable bonds is 7. The third-order valence-corrected chi connectivity index (χ3v) is 3.22. The smallest absolute Gasteiger partial charge is 0.407 e. The molecule has 0 unspecified atom stereocenters. The molecule has 2 heterocycles. The van der Waals surface area contributed by atoms with Crippen LogP contribution in [0.25, 0.3) is 0 Å². The van der Waals surface area contributed by atoms with Gasteiger partial charge in [-0.05, 0) is 19.1 Å². The van der Waals surface area contributed by atoms with Gasteiger partial charge in [-0.15, -0.1) is 0 Å². The summed E-state index contributed by atoms with van der Waals surface area (Å²) < 4.78 is 45.3. The van der Waals surface area contributed by atoms with Crippen molar-refractivity contribution in [2.45, 2.75) is 12.8 Å². The summed E-state index contributed by atoms with van der Waals surface area (Å²) in [4.78, 5) is 26.6. The van der Waals surface area contributed by atoms with Crippen LogP contribution in [0.1, 0.15) is 16.2 Å². The molecule has 2 rings (SSSR count). The lowest BCUT2D eigenvalue weighted by molar-refractivity contribution is 0.00373. The van der Waals surface area contributed by atoms with Crippen LogP contribution in [0.3, 0.4) is 0 Å². The van der Waals surface area contributed by atoms with Crippen molar-refractivity contribution in [1.82, 2.24) is 25.8 Å². The number of pyridine rings is 1. The fourth-order valence-electron chi connectivity index (χ4n) is 1.90. The minimum atomic E-state index is -3.42. The van der Waals surface area contributed by atoms with Gasteiger partial charge in [0.25, 0.3) is 11.8 Å². The average Bonchev–Trinajstić information content (AvgIpc) is 3.04. The average molecular weight is 386 g/mol. The molecule has 0 aliphatic heterocycles. The molecule has 146 valence electrons. The molecule has 0 radical (unpaired) electrons. The minimum absolute atomic E-state index is 0.275. The molecule has 0 spiro atoms. The summed E-state index contributed by atoms with van der Waals surface area (Å²) in [6.45, 7) is -0.348. The predicted octanol–water partition coefficient (Wildman–Crippen LogP) is 1.72. The Balaban J connectivity index is 1.99. The highest BCUT2D eigenvalue weighted by molar-refractivity contribution is 5.92. The first-order valence-electron chi connectivity index (χ1n) is 7.63. The second-order valence-corrected chi connectivity index (χ2v) is 5.47. The Morgan fingerprint density at radius 1 is 1.26 bits per heavy atom. The van der Waals surface area contributed by atoms with Gasteiger partial charge in [-0.2, -0.15) is 5.10 Å². The Labute approximate surface area is 151 Å². The quantitative estimate of drug-likeness (QED) is 0.575. The normalized spacial score (nSPS) is 11.0. The zero-order valence-electron chi connectivity index (χ0n) is 14.4. The van der Waals surface area contributed by atoms with Gasteiger partial charge in [-0.3, -0.25) is 9.89 Å². The summed E-state index contributed by atoms with van der Waals surface area (Å²) in [6, 6.07) is 3.61. The molecule has 27 heavy (non-hydrogen) atoms. The molecule has 4 N–H and O–H groups in total. The number of alkyl halides is 2. The van der Waals surface area contributed by atoms with Gasteiger partial charge >= 0.3 is 6.09 Å². The van der Waals surface area contributed by atoms with Crippen LogP contribution in [0.4, 0.5) is 29.6 Å². The van der Waals surface area contributed by atoms with Crippen LogP contribution in [0.2, 0.25) is 0 Å². The molecule has 0 aliphatic carbocycles. The van der Waals surface area contributed by atoms with E-state index in [0.29, 0.717) is 0 Å². The number of aromatic nitrogens is 3. The van der Waals surface area contributed by atoms with E-state index in [2.05, 4.69) is 25.2 Å². The highest BCUT2D eigenvalue weighted by Crippen LogP contribution is 2.17. The monoisotopic (exact) mass is 386 g/mol. The molecule has 2 aromatic heterocycles. The first-order valence-corrected chi connectivity index (χ1v) is 7.63. The molecule has 0 saturated carbocycles. The van der Waals surface area contributed by atoms with Crippen molar-refractivity contribution in [3.8, 4) is 0 Å². The third-order valence-electron chi connectivity index (χ3n) is 3.22. The number of anilines is 2. The van der Waals surface area contributed by atoms with Crippen molar-refractivity contribution < 1.29 is 27.5 Å². The molecule has 0 atom stereocenters. The number of H-pyrrole nitrogens is 1. The van der Waals surface area contributed by atoms with Crippen molar-refractivity contribution in [3.05, 3.63) is 35.4 Å². The van der Waals surface area contributed by atoms with E-state index in [0.717, 1.165) is 24.9 Å². The summed E-state index contributed by atoms with van der Waals surface area (Å²) in [5, 5.41) is 12.9. The highest BCUT2D eigenvalue weighted by atomic mass is 19.3. The number of halogens is 3. The number of carbonyl (C=O) groups is 2. The Kier molecular flexibility index (Phi) is 6.21. The number of amides is 2. The zero-order chi connectivity index (χ0) is 20.0. The second kappa shape index (κ2) is 8.38. The number of methoxy groups -OCH3 is 1. The second-order valence-electron chi connectivity index (χ2n) is 5.47. The zero-order valence-corrected chi connectivity index (χ0v) is 14.4. The van der Waals surface area contributed by atoms with Crippen LogP contribution in [-0.4, -0.2) is 53.3 Å². The van der Waals surface area contributed by atoms with Crippen LogP contribution in [0.15, 0.2) is 18.2 Å². The van der Waals surface area contributed by atoms with Gasteiger partial charge in [0.05, 0.1) is 20.2 Å². The maximum absolute atomic E-state index is 13.8. The number of alkyl carbamates (subject to hydrolysis) is 1. The van der Waals surface area contributed by atoms with E-state index < -0.39 is 36.8 Å². The Morgan fingerprint density at radius 3 is 2.59 bits per heavy atom. The maximum Gasteiger partial charge on any atom is 0.407 e. The Morgan fingerprint density at radius 2 is 1.96 bits per heavy atom. The molecular weight excluding hydrogens is 369 g/mol. The van der Waals surface area contributed by atoms with Gasteiger partial charge in [0.15, 0.2) is 17.5 Å². The highest BCUT2D eigenvalue weighted by Gasteiger charge is 2.30. The van der Waals surface area contributed by atoms with E-state index >= 15 is 0 Å². The SMILES string of the molecule is COC(=O)NCC(F)(F)CNC(=O)c1ccc(F)c(Nc2cc(C)[nH]n2)n1.